The number of nitrogens with one attached hydrogen (secondary N) is 1. The highest BCUT2D eigenvalue weighted by Crippen LogP contribution is 2.09. The lowest BCUT2D eigenvalue weighted by Gasteiger charge is -2.07. The molecule has 0 unspecified atom stereocenters. The van der Waals surface area contributed by atoms with Crippen molar-refractivity contribution >= 4 is 6.08 Å². The highest BCUT2D eigenvalue weighted by molar-refractivity contribution is 5.51. The van der Waals surface area contributed by atoms with Crippen molar-refractivity contribution in [3.63, 3.8) is 0 Å². The van der Waals surface area contributed by atoms with Crippen molar-refractivity contribution in [3.8, 4) is 0 Å². The van der Waals surface area contributed by atoms with Crippen molar-refractivity contribution in [3.05, 3.63) is 42.0 Å². The minimum absolute atomic E-state index is 0.956. The summed E-state index contributed by atoms with van der Waals surface area (Å²) in [6.07, 6.45) is 10.1. The summed E-state index contributed by atoms with van der Waals surface area (Å²) in [4.78, 5) is 0. The Bertz CT molecular complexity index is 330. The molecule has 1 heteroatoms. The third-order valence-electron chi connectivity index (χ3n) is 3.30. The largest absolute Gasteiger partial charge is 0.313 e. The minimum Gasteiger partial charge on any atom is -0.313 e. The summed E-state index contributed by atoms with van der Waals surface area (Å²) in [7, 11) is 0. The van der Waals surface area contributed by atoms with Crippen LogP contribution in [0, 0.1) is 0 Å². The Morgan fingerprint density at radius 3 is 2.56 bits per heavy atom. The summed E-state index contributed by atoms with van der Waals surface area (Å²) in [5.74, 6) is 0. The summed E-state index contributed by atoms with van der Waals surface area (Å²) in [5.41, 5.74) is 2.59. The molecule has 0 amide bonds. The second-order valence-electron chi connectivity index (χ2n) is 4.85. The monoisotopic (exact) mass is 245 g/mol. The van der Waals surface area contributed by atoms with E-state index in [0.29, 0.717) is 0 Å². The number of hydrogen-bond donors (Lipinski definition) is 1. The first kappa shape index (κ1) is 15.0. The van der Waals surface area contributed by atoms with E-state index in [-0.39, 0.29) is 0 Å². The van der Waals surface area contributed by atoms with Gasteiger partial charge in [-0.3, -0.25) is 0 Å². The second kappa shape index (κ2) is 9.90. The highest BCUT2D eigenvalue weighted by atomic mass is 14.8. The van der Waals surface area contributed by atoms with Gasteiger partial charge in [0.15, 0.2) is 0 Å². The topological polar surface area (TPSA) is 12.0 Å². The smallest absolute Gasteiger partial charge is 0.0211 e. The van der Waals surface area contributed by atoms with Crippen LogP contribution in [0.1, 0.15) is 56.6 Å². The first-order valence-electron chi connectivity index (χ1n) is 7.29. The zero-order valence-corrected chi connectivity index (χ0v) is 11.8. The predicted molar refractivity (Wildman–Crippen MR) is 81.6 cm³/mol. The summed E-state index contributed by atoms with van der Waals surface area (Å²) < 4.78 is 0. The van der Waals surface area contributed by atoms with Gasteiger partial charge in [0.2, 0.25) is 0 Å². The Hall–Kier alpha value is -1.08. The van der Waals surface area contributed by atoms with Crippen LogP contribution in [0.4, 0.5) is 0 Å². The van der Waals surface area contributed by atoms with Crippen LogP contribution in [0.15, 0.2) is 30.8 Å². The van der Waals surface area contributed by atoms with Gasteiger partial charge in [-0.05, 0) is 24.1 Å². The molecule has 0 atom stereocenters. The first-order chi connectivity index (χ1) is 8.88. The number of unbranched alkanes of at least 4 members (excludes halogenated alkanes) is 5. The Labute approximate surface area is 112 Å². The molecule has 0 heterocycles. The van der Waals surface area contributed by atoms with Crippen LogP contribution in [0.5, 0.6) is 0 Å². The third kappa shape index (κ3) is 6.02. The molecular formula is C17H27N. The van der Waals surface area contributed by atoms with Gasteiger partial charge < -0.3 is 5.32 Å². The molecule has 1 rings (SSSR count). The van der Waals surface area contributed by atoms with Crippen LogP contribution in [0.25, 0.3) is 6.08 Å². The molecule has 0 spiro atoms. The fourth-order valence-electron chi connectivity index (χ4n) is 2.15. The zero-order valence-electron chi connectivity index (χ0n) is 11.8. The van der Waals surface area contributed by atoms with Gasteiger partial charge in [-0.2, -0.15) is 0 Å². The molecule has 1 N–H and O–H groups in total. The van der Waals surface area contributed by atoms with E-state index in [1.807, 2.05) is 6.08 Å². The number of benzene rings is 1. The molecule has 1 aromatic carbocycles. The zero-order chi connectivity index (χ0) is 13.1. The summed E-state index contributed by atoms with van der Waals surface area (Å²) >= 11 is 0. The van der Waals surface area contributed by atoms with Crippen molar-refractivity contribution in [1.82, 2.24) is 5.32 Å². The van der Waals surface area contributed by atoms with E-state index in [1.54, 1.807) is 0 Å². The van der Waals surface area contributed by atoms with Crippen molar-refractivity contribution in [2.24, 2.45) is 0 Å². The molecule has 0 aliphatic rings. The number of rotatable bonds is 10. The Balaban J connectivity index is 2.09. The van der Waals surface area contributed by atoms with E-state index in [9.17, 15) is 0 Å². The molecule has 0 aliphatic heterocycles. The molecule has 1 aromatic rings. The van der Waals surface area contributed by atoms with Gasteiger partial charge in [0, 0.05) is 6.54 Å². The lowest BCUT2D eigenvalue weighted by molar-refractivity contribution is 0.572. The highest BCUT2D eigenvalue weighted by Gasteiger charge is 1.97. The average molecular weight is 245 g/mol. The van der Waals surface area contributed by atoms with E-state index in [0.717, 1.165) is 13.1 Å². The fourth-order valence-corrected chi connectivity index (χ4v) is 2.15. The minimum atomic E-state index is 0.956. The molecule has 0 radical (unpaired) electrons. The van der Waals surface area contributed by atoms with E-state index < -0.39 is 0 Å². The van der Waals surface area contributed by atoms with Crippen molar-refractivity contribution in [1.29, 1.82) is 0 Å². The quantitative estimate of drug-likeness (QED) is 0.585. The van der Waals surface area contributed by atoms with Crippen molar-refractivity contribution < 1.29 is 0 Å². The fraction of sp³-hybridized carbons (Fsp3) is 0.529. The molecule has 1 nitrogen and oxygen atoms in total. The average Bonchev–Trinajstić information content (AvgIpc) is 2.42. The van der Waals surface area contributed by atoms with E-state index >= 15 is 0 Å². The van der Waals surface area contributed by atoms with Gasteiger partial charge in [0.1, 0.15) is 0 Å². The summed E-state index contributed by atoms with van der Waals surface area (Å²) in [6, 6.07) is 8.45. The predicted octanol–water partition coefficient (Wildman–Crippen LogP) is 4.78. The van der Waals surface area contributed by atoms with Crippen LogP contribution in [-0.4, -0.2) is 6.54 Å². The normalized spacial score (nSPS) is 10.5. The van der Waals surface area contributed by atoms with Gasteiger partial charge in [-0.1, -0.05) is 75.9 Å². The summed E-state index contributed by atoms with van der Waals surface area (Å²) in [5, 5.41) is 3.52. The van der Waals surface area contributed by atoms with Crippen LogP contribution >= 0.6 is 0 Å². The van der Waals surface area contributed by atoms with Gasteiger partial charge >= 0.3 is 0 Å². The van der Waals surface area contributed by atoms with Crippen LogP contribution < -0.4 is 5.32 Å². The van der Waals surface area contributed by atoms with Gasteiger partial charge in [-0.15, -0.1) is 0 Å². The van der Waals surface area contributed by atoms with Crippen LogP contribution in [-0.2, 0) is 6.54 Å². The lowest BCUT2D eigenvalue weighted by Crippen LogP contribution is -2.15. The van der Waals surface area contributed by atoms with Gasteiger partial charge in [-0.25, -0.2) is 0 Å². The van der Waals surface area contributed by atoms with Crippen LogP contribution in [0.2, 0.25) is 0 Å². The molecule has 18 heavy (non-hydrogen) atoms. The maximum Gasteiger partial charge on any atom is 0.0211 e. The standard InChI is InChI=1S/C17H27N/c1-3-5-6-7-8-11-14-18-15-17-13-10-9-12-16(17)4-2/h4,9-10,12-13,18H,2-3,5-8,11,14-15H2,1H3. The van der Waals surface area contributed by atoms with E-state index in [4.69, 9.17) is 0 Å². The molecule has 0 fully saturated rings. The first-order valence-corrected chi connectivity index (χ1v) is 7.29. The molecule has 0 aliphatic carbocycles. The van der Waals surface area contributed by atoms with E-state index in [2.05, 4.69) is 43.1 Å². The van der Waals surface area contributed by atoms with Crippen molar-refractivity contribution in [2.75, 3.05) is 6.54 Å². The van der Waals surface area contributed by atoms with Gasteiger partial charge in [0.05, 0.1) is 0 Å². The SMILES string of the molecule is C=Cc1ccccc1CNCCCCCCCC. The Morgan fingerprint density at radius 1 is 1.06 bits per heavy atom. The third-order valence-corrected chi connectivity index (χ3v) is 3.30. The number of hydrogen-bond acceptors (Lipinski definition) is 1. The Morgan fingerprint density at radius 2 is 1.78 bits per heavy atom. The second-order valence-corrected chi connectivity index (χ2v) is 4.85. The molecule has 0 saturated carbocycles. The molecular weight excluding hydrogens is 218 g/mol. The molecule has 0 bridgehead atoms. The maximum absolute atomic E-state index is 3.85. The Kier molecular flexibility index (Phi) is 8.24. The van der Waals surface area contributed by atoms with Crippen LogP contribution in [0.3, 0.4) is 0 Å². The summed E-state index contributed by atoms with van der Waals surface area (Å²) in [6.45, 7) is 8.19. The lowest BCUT2D eigenvalue weighted by atomic mass is 10.1. The van der Waals surface area contributed by atoms with Gasteiger partial charge in [0.25, 0.3) is 0 Å². The van der Waals surface area contributed by atoms with E-state index in [1.165, 1.54) is 49.7 Å². The van der Waals surface area contributed by atoms with Crippen molar-refractivity contribution in [2.45, 2.75) is 52.0 Å². The molecule has 0 aromatic heterocycles. The molecule has 100 valence electrons. The molecule has 0 saturated heterocycles. The maximum atomic E-state index is 3.85.